The maximum atomic E-state index is 9.03. The molecule has 1 aromatic rings. The SMILES string of the molecule is Cc1ccnc(NCC2CCCO2)c1C#N. The Kier molecular flexibility index (Phi) is 3.37. The van der Waals surface area contributed by atoms with Gasteiger partial charge >= 0.3 is 0 Å². The lowest BCUT2D eigenvalue weighted by Gasteiger charge is -2.12. The summed E-state index contributed by atoms with van der Waals surface area (Å²) in [4.78, 5) is 4.18. The van der Waals surface area contributed by atoms with E-state index in [0.717, 1.165) is 31.6 Å². The summed E-state index contributed by atoms with van der Waals surface area (Å²) in [5.41, 5.74) is 1.58. The van der Waals surface area contributed by atoms with Crippen LogP contribution >= 0.6 is 0 Å². The van der Waals surface area contributed by atoms with Crippen LogP contribution in [0.1, 0.15) is 24.0 Å². The maximum absolute atomic E-state index is 9.03. The molecule has 1 atom stereocenters. The molecule has 0 spiro atoms. The van der Waals surface area contributed by atoms with Crippen molar-refractivity contribution in [3.8, 4) is 6.07 Å². The fourth-order valence-electron chi connectivity index (χ4n) is 1.85. The lowest BCUT2D eigenvalue weighted by atomic mass is 10.1. The molecule has 16 heavy (non-hydrogen) atoms. The van der Waals surface area contributed by atoms with Crippen LogP contribution in [-0.4, -0.2) is 24.2 Å². The van der Waals surface area contributed by atoms with Crippen LogP contribution in [0.2, 0.25) is 0 Å². The minimum atomic E-state index is 0.258. The van der Waals surface area contributed by atoms with E-state index in [9.17, 15) is 0 Å². The molecular formula is C12H15N3O. The largest absolute Gasteiger partial charge is 0.376 e. The third kappa shape index (κ3) is 2.31. The van der Waals surface area contributed by atoms with Crippen molar-refractivity contribution in [2.24, 2.45) is 0 Å². The lowest BCUT2D eigenvalue weighted by molar-refractivity contribution is 0.120. The van der Waals surface area contributed by atoms with Gasteiger partial charge in [-0.05, 0) is 31.4 Å². The van der Waals surface area contributed by atoms with E-state index in [1.54, 1.807) is 6.20 Å². The molecule has 1 N–H and O–H groups in total. The Morgan fingerprint density at radius 1 is 1.69 bits per heavy atom. The third-order valence-electron chi connectivity index (χ3n) is 2.79. The van der Waals surface area contributed by atoms with E-state index >= 15 is 0 Å². The Morgan fingerprint density at radius 2 is 2.56 bits per heavy atom. The number of anilines is 1. The van der Waals surface area contributed by atoms with Gasteiger partial charge in [0.05, 0.1) is 11.7 Å². The summed E-state index contributed by atoms with van der Waals surface area (Å²) in [6, 6.07) is 4.02. The monoisotopic (exact) mass is 217 g/mol. The summed E-state index contributed by atoms with van der Waals surface area (Å²) >= 11 is 0. The van der Waals surface area contributed by atoms with E-state index in [-0.39, 0.29) is 6.10 Å². The second-order valence-corrected chi connectivity index (χ2v) is 3.98. The van der Waals surface area contributed by atoms with Crippen LogP contribution in [0, 0.1) is 18.3 Å². The Hall–Kier alpha value is -1.60. The van der Waals surface area contributed by atoms with Crippen molar-refractivity contribution in [2.75, 3.05) is 18.5 Å². The van der Waals surface area contributed by atoms with Gasteiger partial charge in [0.2, 0.25) is 0 Å². The molecule has 1 aliphatic rings. The number of nitrogens with zero attached hydrogens (tertiary/aromatic N) is 2. The van der Waals surface area contributed by atoms with Crippen molar-refractivity contribution in [1.29, 1.82) is 5.26 Å². The van der Waals surface area contributed by atoms with Gasteiger partial charge in [-0.2, -0.15) is 5.26 Å². The van der Waals surface area contributed by atoms with Gasteiger partial charge in [-0.15, -0.1) is 0 Å². The molecule has 0 aromatic carbocycles. The number of nitriles is 1. The quantitative estimate of drug-likeness (QED) is 0.839. The van der Waals surface area contributed by atoms with E-state index in [1.807, 2.05) is 13.0 Å². The number of nitrogens with one attached hydrogen (secondary N) is 1. The van der Waals surface area contributed by atoms with Crippen molar-refractivity contribution in [3.05, 3.63) is 23.4 Å². The number of aryl methyl sites for hydroxylation is 1. The molecule has 0 radical (unpaired) electrons. The highest BCUT2D eigenvalue weighted by Crippen LogP contribution is 2.17. The smallest absolute Gasteiger partial charge is 0.144 e. The molecule has 1 aromatic heterocycles. The topological polar surface area (TPSA) is 57.9 Å². The summed E-state index contributed by atoms with van der Waals surface area (Å²) in [5, 5.41) is 12.2. The van der Waals surface area contributed by atoms with Gasteiger partial charge in [-0.1, -0.05) is 0 Å². The van der Waals surface area contributed by atoms with Crippen LogP contribution in [0.5, 0.6) is 0 Å². The molecule has 0 aliphatic carbocycles. The highest BCUT2D eigenvalue weighted by molar-refractivity contribution is 5.55. The zero-order chi connectivity index (χ0) is 11.4. The Labute approximate surface area is 95.3 Å². The molecule has 4 heteroatoms. The number of rotatable bonds is 3. The van der Waals surface area contributed by atoms with Gasteiger partial charge in [0.25, 0.3) is 0 Å². The highest BCUT2D eigenvalue weighted by Gasteiger charge is 2.16. The van der Waals surface area contributed by atoms with Gasteiger partial charge in [0, 0.05) is 19.3 Å². The number of hydrogen-bond acceptors (Lipinski definition) is 4. The van der Waals surface area contributed by atoms with Crippen LogP contribution in [0.3, 0.4) is 0 Å². The summed E-state index contributed by atoms with van der Waals surface area (Å²) in [5.74, 6) is 0.665. The second kappa shape index (κ2) is 4.95. The van der Waals surface area contributed by atoms with Gasteiger partial charge < -0.3 is 10.1 Å². The molecule has 2 heterocycles. The number of hydrogen-bond donors (Lipinski definition) is 1. The van der Waals surface area contributed by atoms with Crippen molar-refractivity contribution >= 4 is 5.82 Å². The van der Waals surface area contributed by atoms with Crippen LogP contribution in [0.25, 0.3) is 0 Å². The molecule has 1 fully saturated rings. The normalized spacial score (nSPS) is 19.4. The van der Waals surface area contributed by atoms with Gasteiger partial charge in [0.15, 0.2) is 0 Å². The average Bonchev–Trinajstić information content (AvgIpc) is 2.79. The summed E-state index contributed by atoms with van der Waals surface area (Å²) in [6.07, 6.45) is 4.18. The second-order valence-electron chi connectivity index (χ2n) is 3.98. The van der Waals surface area contributed by atoms with Crippen molar-refractivity contribution in [3.63, 3.8) is 0 Å². The molecular weight excluding hydrogens is 202 g/mol. The first-order valence-electron chi connectivity index (χ1n) is 5.52. The molecule has 0 amide bonds. The molecule has 0 saturated carbocycles. The van der Waals surface area contributed by atoms with Crippen LogP contribution in [0.15, 0.2) is 12.3 Å². The fraction of sp³-hybridized carbons (Fsp3) is 0.500. The van der Waals surface area contributed by atoms with E-state index in [2.05, 4.69) is 16.4 Å². The third-order valence-corrected chi connectivity index (χ3v) is 2.79. The Bertz CT molecular complexity index is 405. The zero-order valence-electron chi connectivity index (χ0n) is 9.36. The van der Waals surface area contributed by atoms with Crippen molar-refractivity contribution in [2.45, 2.75) is 25.9 Å². The minimum absolute atomic E-state index is 0.258. The molecule has 2 rings (SSSR count). The van der Waals surface area contributed by atoms with Crippen molar-refractivity contribution < 1.29 is 4.74 Å². The molecule has 84 valence electrons. The lowest BCUT2D eigenvalue weighted by Crippen LogP contribution is -2.19. The first-order chi connectivity index (χ1) is 7.81. The Balaban J connectivity index is 2.03. The summed E-state index contributed by atoms with van der Waals surface area (Å²) in [6.45, 7) is 3.49. The number of pyridine rings is 1. The van der Waals surface area contributed by atoms with E-state index < -0.39 is 0 Å². The standard InChI is InChI=1S/C12H15N3O/c1-9-4-5-14-12(11(9)7-13)15-8-10-3-2-6-16-10/h4-5,10H,2-3,6,8H2,1H3,(H,14,15). The molecule has 1 unspecified atom stereocenters. The van der Waals surface area contributed by atoms with Crippen LogP contribution in [0.4, 0.5) is 5.82 Å². The van der Waals surface area contributed by atoms with E-state index in [0.29, 0.717) is 11.4 Å². The molecule has 4 nitrogen and oxygen atoms in total. The van der Waals surface area contributed by atoms with Crippen LogP contribution in [-0.2, 0) is 4.74 Å². The number of ether oxygens (including phenoxy) is 1. The van der Waals surface area contributed by atoms with E-state index in [4.69, 9.17) is 10.00 Å². The first-order valence-corrected chi connectivity index (χ1v) is 5.52. The summed E-state index contributed by atoms with van der Waals surface area (Å²) in [7, 11) is 0. The average molecular weight is 217 g/mol. The predicted octanol–water partition coefficient (Wildman–Crippen LogP) is 1.85. The first kappa shape index (κ1) is 10.9. The van der Waals surface area contributed by atoms with Gasteiger partial charge in [-0.25, -0.2) is 4.98 Å². The Morgan fingerprint density at radius 3 is 3.25 bits per heavy atom. The number of aromatic nitrogens is 1. The molecule has 1 aliphatic heterocycles. The van der Waals surface area contributed by atoms with E-state index in [1.165, 1.54) is 0 Å². The van der Waals surface area contributed by atoms with Gasteiger partial charge in [-0.3, -0.25) is 0 Å². The minimum Gasteiger partial charge on any atom is -0.376 e. The molecule has 0 bridgehead atoms. The fourth-order valence-corrected chi connectivity index (χ4v) is 1.85. The summed E-state index contributed by atoms with van der Waals surface area (Å²) < 4.78 is 5.51. The van der Waals surface area contributed by atoms with Gasteiger partial charge in [0.1, 0.15) is 11.9 Å². The highest BCUT2D eigenvalue weighted by atomic mass is 16.5. The zero-order valence-corrected chi connectivity index (χ0v) is 9.36. The van der Waals surface area contributed by atoms with Crippen molar-refractivity contribution in [1.82, 2.24) is 4.98 Å². The maximum Gasteiger partial charge on any atom is 0.144 e. The predicted molar refractivity (Wildman–Crippen MR) is 61.2 cm³/mol. The van der Waals surface area contributed by atoms with Crippen LogP contribution < -0.4 is 5.32 Å². The molecule has 1 saturated heterocycles.